The van der Waals surface area contributed by atoms with Crippen LogP contribution in [-0.4, -0.2) is 30.8 Å². The average Bonchev–Trinajstić information content (AvgIpc) is 2.69. The molecule has 0 amide bonds. The number of carbonyl (C=O) groups excluding carboxylic acids is 1. The maximum atomic E-state index is 12.7. The Morgan fingerprint density at radius 2 is 1.80 bits per heavy atom. The summed E-state index contributed by atoms with van der Waals surface area (Å²) in [5, 5.41) is 4.05. The molecule has 0 N–H and O–H groups in total. The zero-order valence-corrected chi connectivity index (χ0v) is 18.4. The molecule has 8 nitrogen and oxygen atoms in total. The van der Waals surface area contributed by atoms with Gasteiger partial charge in [-0.2, -0.15) is 18.2 Å². The van der Waals surface area contributed by atoms with Crippen molar-refractivity contribution in [1.29, 1.82) is 0 Å². The van der Waals surface area contributed by atoms with Crippen LogP contribution in [0, 0.1) is 6.92 Å². The second kappa shape index (κ2) is 8.80. The van der Waals surface area contributed by atoms with E-state index in [0.717, 1.165) is 16.3 Å². The molecular weight excluding hydrogens is 476 g/mol. The zero-order valence-electron chi connectivity index (χ0n) is 16.0. The smallest absolute Gasteiger partial charge is 0.362 e. The third-order valence-electron chi connectivity index (χ3n) is 4.01. The first-order valence-corrected chi connectivity index (χ1v) is 11.0. The molecule has 0 spiro atoms. The SMILES string of the molecule is CCOC(=O)c1nn(-c2ccccc2C)c(=O)cc1OS(=O)(=O)c1ccc(Br)cc1. The predicted molar refractivity (Wildman–Crippen MR) is 112 cm³/mol. The van der Waals surface area contributed by atoms with E-state index >= 15 is 0 Å². The van der Waals surface area contributed by atoms with E-state index in [9.17, 15) is 18.0 Å². The third-order valence-corrected chi connectivity index (χ3v) is 5.79. The highest BCUT2D eigenvalue weighted by Gasteiger charge is 2.25. The number of aromatic nitrogens is 2. The Balaban J connectivity index is 2.13. The molecule has 0 unspecified atom stereocenters. The van der Waals surface area contributed by atoms with Crippen molar-refractivity contribution in [2.45, 2.75) is 18.7 Å². The molecule has 0 atom stereocenters. The number of hydrogen-bond acceptors (Lipinski definition) is 7. The Hall–Kier alpha value is -2.98. The number of esters is 1. The van der Waals surface area contributed by atoms with Crippen LogP contribution in [0.15, 0.2) is 68.8 Å². The predicted octanol–water partition coefficient (Wildman–Crippen LogP) is 3.25. The van der Waals surface area contributed by atoms with Crippen molar-refractivity contribution in [3.8, 4) is 11.4 Å². The summed E-state index contributed by atoms with van der Waals surface area (Å²) in [5.74, 6) is -1.42. The Morgan fingerprint density at radius 3 is 2.43 bits per heavy atom. The minimum Gasteiger partial charge on any atom is -0.461 e. The van der Waals surface area contributed by atoms with Gasteiger partial charge in [0.15, 0.2) is 5.75 Å². The molecule has 0 fully saturated rings. The Labute approximate surface area is 181 Å². The lowest BCUT2D eigenvalue weighted by Crippen LogP contribution is -2.26. The summed E-state index contributed by atoms with van der Waals surface area (Å²) in [5.41, 5.74) is 0.0761. The first-order chi connectivity index (χ1) is 14.2. The molecule has 0 aliphatic heterocycles. The minimum atomic E-state index is -4.32. The standard InChI is InChI=1S/C20H17BrN2O6S/c1-3-28-20(25)19-17(29-30(26,27)15-10-8-14(21)9-11-15)12-18(24)23(22-19)16-7-5-4-6-13(16)2/h4-12H,3H2,1-2H3. The molecule has 156 valence electrons. The lowest BCUT2D eigenvalue weighted by molar-refractivity contribution is 0.0515. The van der Waals surface area contributed by atoms with Crippen molar-refractivity contribution in [2.24, 2.45) is 0 Å². The molecule has 0 radical (unpaired) electrons. The Morgan fingerprint density at radius 1 is 1.13 bits per heavy atom. The van der Waals surface area contributed by atoms with Gasteiger partial charge in [-0.25, -0.2) is 4.79 Å². The second-order valence-electron chi connectivity index (χ2n) is 6.11. The van der Waals surface area contributed by atoms with Crippen LogP contribution in [-0.2, 0) is 14.9 Å². The summed E-state index contributed by atoms with van der Waals surface area (Å²) in [6, 6.07) is 13.5. The van der Waals surface area contributed by atoms with Crippen molar-refractivity contribution < 1.29 is 22.1 Å². The van der Waals surface area contributed by atoms with E-state index in [1.165, 1.54) is 24.3 Å². The molecule has 0 bridgehead atoms. The molecule has 3 aromatic rings. The van der Waals surface area contributed by atoms with Crippen molar-refractivity contribution in [3.63, 3.8) is 0 Å². The molecule has 2 aromatic carbocycles. The number of para-hydroxylation sites is 1. The molecule has 0 aliphatic carbocycles. The number of nitrogens with zero attached hydrogens (tertiary/aromatic N) is 2. The van der Waals surface area contributed by atoms with Gasteiger partial charge in [-0.3, -0.25) is 4.79 Å². The van der Waals surface area contributed by atoms with Crippen molar-refractivity contribution >= 4 is 32.0 Å². The fourth-order valence-electron chi connectivity index (χ4n) is 2.59. The van der Waals surface area contributed by atoms with E-state index in [1.807, 2.05) is 0 Å². The Bertz CT molecular complexity index is 1250. The van der Waals surface area contributed by atoms with Crippen LogP contribution in [0.2, 0.25) is 0 Å². The van der Waals surface area contributed by atoms with E-state index in [0.29, 0.717) is 10.2 Å². The molecule has 3 rings (SSSR count). The van der Waals surface area contributed by atoms with Gasteiger partial charge in [-0.05, 0) is 49.7 Å². The molecule has 0 saturated carbocycles. The fraction of sp³-hybridized carbons (Fsp3) is 0.150. The molecule has 0 aliphatic rings. The highest BCUT2D eigenvalue weighted by molar-refractivity contribution is 9.10. The summed E-state index contributed by atoms with van der Waals surface area (Å²) in [6.07, 6.45) is 0. The van der Waals surface area contributed by atoms with Gasteiger partial charge in [0.1, 0.15) is 4.90 Å². The first kappa shape index (κ1) is 21.7. The van der Waals surface area contributed by atoms with E-state index in [1.54, 1.807) is 38.1 Å². The Kier molecular flexibility index (Phi) is 6.37. The molecular formula is C20H17BrN2O6S. The van der Waals surface area contributed by atoms with Crippen molar-refractivity contribution in [1.82, 2.24) is 9.78 Å². The number of aryl methyl sites for hydroxylation is 1. The maximum absolute atomic E-state index is 12.7. The summed E-state index contributed by atoms with van der Waals surface area (Å²) < 4.78 is 37.0. The van der Waals surface area contributed by atoms with Crippen LogP contribution >= 0.6 is 15.9 Å². The molecule has 10 heteroatoms. The van der Waals surface area contributed by atoms with Crippen LogP contribution in [0.5, 0.6) is 5.75 Å². The van der Waals surface area contributed by atoms with Gasteiger partial charge in [-0.15, -0.1) is 0 Å². The number of halogens is 1. The minimum absolute atomic E-state index is 0.0307. The zero-order chi connectivity index (χ0) is 21.9. The summed E-state index contributed by atoms with van der Waals surface area (Å²) in [7, 11) is -4.32. The number of carbonyl (C=O) groups is 1. The van der Waals surface area contributed by atoms with E-state index in [4.69, 9.17) is 8.92 Å². The largest absolute Gasteiger partial charge is 0.461 e. The highest BCUT2D eigenvalue weighted by atomic mass is 79.9. The van der Waals surface area contributed by atoms with E-state index in [2.05, 4.69) is 21.0 Å². The van der Waals surface area contributed by atoms with Crippen molar-refractivity contribution in [3.05, 3.63) is 80.7 Å². The summed E-state index contributed by atoms with van der Waals surface area (Å²) in [6.45, 7) is 3.40. The number of hydrogen-bond donors (Lipinski definition) is 0. The fourth-order valence-corrected chi connectivity index (χ4v) is 3.78. The molecule has 0 saturated heterocycles. The van der Waals surface area contributed by atoms with Gasteiger partial charge in [0.25, 0.3) is 5.56 Å². The van der Waals surface area contributed by atoms with Crippen LogP contribution in [0.4, 0.5) is 0 Å². The summed E-state index contributed by atoms with van der Waals surface area (Å²) >= 11 is 3.22. The van der Waals surface area contributed by atoms with Crippen LogP contribution in [0.25, 0.3) is 5.69 Å². The van der Waals surface area contributed by atoms with Gasteiger partial charge in [0.05, 0.1) is 18.4 Å². The second-order valence-corrected chi connectivity index (χ2v) is 8.57. The van der Waals surface area contributed by atoms with Crippen molar-refractivity contribution in [2.75, 3.05) is 6.61 Å². The normalized spacial score (nSPS) is 11.2. The maximum Gasteiger partial charge on any atom is 0.362 e. The number of rotatable bonds is 6. The lowest BCUT2D eigenvalue weighted by Gasteiger charge is -2.13. The van der Waals surface area contributed by atoms with Crippen LogP contribution < -0.4 is 9.74 Å². The summed E-state index contributed by atoms with van der Waals surface area (Å²) in [4.78, 5) is 24.9. The van der Waals surface area contributed by atoms with Gasteiger partial charge < -0.3 is 8.92 Å². The van der Waals surface area contributed by atoms with Gasteiger partial charge in [0.2, 0.25) is 5.69 Å². The average molecular weight is 493 g/mol. The monoisotopic (exact) mass is 492 g/mol. The van der Waals surface area contributed by atoms with Gasteiger partial charge in [0, 0.05) is 4.47 Å². The van der Waals surface area contributed by atoms with Gasteiger partial charge in [-0.1, -0.05) is 34.1 Å². The topological polar surface area (TPSA) is 105 Å². The van der Waals surface area contributed by atoms with Crippen LogP contribution in [0.3, 0.4) is 0 Å². The number of benzene rings is 2. The number of ether oxygens (including phenoxy) is 1. The third kappa shape index (κ3) is 4.60. The molecule has 1 aromatic heterocycles. The lowest BCUT2D eigenvalue weighted by atomic mass is 10.2. The molecule has 30 heavy (non-hydrogen) atoms. The van der Waals surface area contributed by atoms with Crippen LogP contribution in [0.1, 0.15) is 23.0 Å². The van der Waals surface area contributed by atoms with Gasteiger partial charge >= 0.3 is 16.1 Å². The van der Waals surface area contributed by atoms with E-state index < -0.39 is 33.1 Å². The highest BCUT2D eigenvalue weighted by Crippen LogP contribution is 2.23. The molecule has 1 heterocycles. The quantitative estimate of drug-likeness (QED) is 0.384. The first-order valence-electron chi connectivity index (χ1n) is 8.80. The van der Waals surface area contributed by atoms with E-state index in [-0.39, 0.29) is 11.5 Å².